The van der Waals surface area contributed by atoms with Crippen LogP contribution in [0.5, 0.6) is 0 Å². The van der Waals surface area contributed by atoms with E-state index in [0.29, 0.717) is 5.70 Å². The number of carbonyl (C=O) groups is 3. The number of aliphatic carboxylic acids is 1. The number of amides is 1. The van der Waals surface area contributed by atoms with Gasteiger partial charge in [-0.15, -0.1) is 0 Å². The van der Waals surface area contributed by atoms with Crippen LogP contribution in [0, 0.1) is 5.92 Å². The van der Waals surface area contributed by atoms with Crippen LogP contribution in [0.3, 0.4) is 0 Å². The summed E-state index contributed by atoms with van der Waals surface area (Å²) in [6.07, 6.45) is -0.405. The molecular weight excluding hydrogens is 214 g/mol. The third kappa shape index (κ3) is 2.39. The van der Waals surface area contributed by atoms with Gasteiger partial charge in [-0.2, -0.15) is 0 Å². The van der Waals surface area contributed by atoms with Gasteiger partial charge in [0.05, 0.1) is 24.5 Å². The molecule has 0 aliphatic carbocycles. The van der Waals surface area contributed by atoms with Gasteiger partial charge in [-0.3, -0.25) is 9.59 Å². The zero-order valence-corrected chi connectivity index (χ0v) is 9.07. The van der Waals surface area contributed by atoms with Gasteiger partial charge in [-0.1, -0.05) is 0 Å². The molecule has 88 valence electrons. The van der Waals surface area contributed by atoms with Crippen molar-refractivity contribution in [3.8, 4) is 0 Å². The Labute approximate surface area is 92.3 Å². The standard InChI is InChI=1S/C10H13NO5/c1-3-16-10(15)8-5(2)11-9(14)6(8)4-7(12)13/h6H,3-4H2,1-2H3,(H,11,14)(H,12,13)/t6-/m1/s1. The molecule has 1 aliphatic rings. The molecule has 0 aromatic heterocycles. The largest absolute Gasteiger partial charge is 0.481 e. The molecule has 0 fully saturated rings. The summed E-state index contributed by atoms with van der Waals surface area (Å²) >= 11 is 0. The lowest BCUT2D eigenvalue weighted by Crippen LogP contribution is -2.25. The molecule has 1 amide bonds. The van der Waals surface area contributed by atoms with Gasteiger partial charge in [0.15, 0.2) is 0 Å². The Morgan fingerprint density at radius 2 is 2.12 bits per heavy atom. The molecule has 1 heterocycles. The Balaban J connectivity index is 2.92. The first-order valence-corrected chi connectivity index (χ1v) is 4.88. The molecule has 0 radical (unpaired) electrons. The fourth-order valence-corrected chi connectivity index (χ4v) is 1.61. The second-order valence-electron chi connectivity index (χ2n) is 3.40. The zero-order chi connectivity index (χ0) is 12.3. The molecule has 6 nitrogen and oxygen atoms in total. The van der Waals surface area contributed by atoms with Crippen LogP contribution in [0.1, 0.15) is 20.3 Å². The van der Waals surface area contributed by atoms with Crippen molar-refractivity contribution in [2.45, 2.75) is 20.3 Å². The van der Waals surface area contributed by atoms with Gasteiger partial charge in [0, 0.05) is 5.70 Å². The predicted octanol–water partition coefficient (Wildman–Crippen LogP) is 0.0442. The van der Waals surface area contributed by atoms with E-state index in [0.717, 1.165) is 0 Å². The topological polar surface area (TPSA) is 92.7 Å². The van der Waals surface area contributed by atoms with Crippen LogP contribution in [-0.2, 0) is 19.1 Å². The quantitative estimate of drug-likeness (QED) is 0.662. The number of rotatable bonds is 4. The summed E-state index contributed by atoms with van der Waals surface area (Å²) in [4.78, 5) is 33.5. The van der Waals surface area contributed by atoms with Gasteiger partial charge in [0.2, 0.25) is 5.91 Å². The number of hydrogen-bond acceptors (Lipinski definition) is 4. The molecule has 0 spiro atoms. The monoisotopic (exact) mass is 227 g/mol. The summed E-state index contributed by atoms with van der Waals surface area (Å²) < 4.78 is 4.77. The minimum atomic E-state index is -1.13. The van der Waals surface area contributed by atoms with Crippen molar-refractivity contribution in [3.63, 3.8) is 0 Å². The molecule has 1 rings (SSSR count). The van der Waals surface area contributed by atoms with Gasteiger partial charge in [0.1, 0.15) is 0 Å². The second kappa shape index (κ2) is 4.78. The molecule has 0 aromatic rings. The van der Waals surface area contributed by atoms with Crippen LogP contribution in [-0.4, -0.2) is 29.6 Å². The Morgan fingerprint density at radius 3 is 2.62 bits per heavy atom. The highest BCUT2D eigenvalue weighted by molar-refractivity contribution is 6.03. The molecule has 0 unspecified atom stereocenters. The lowest BCUT2D eigenvalue weighted by Gasteiger charge is -2.09. The summed E-state index contributed by atoms with van der Waals surface area (Å²) in [6, 6.07) is 0. The van der Waals surface area contributed by atoms with Gasteiger partial charge in [-0.05, 0) is 13.8 Å². The summed E-state index contributed by atoms with van der Waals surface area (Å²) in [6.45, 7) is 3.37. The lowest BCUT2D eigenvalue weighted by atomic mass is 9.97. The predicted molar refractivity (Wildman–Crippen MR) is 53.2 cm³/mol. The summed E-state index contributed by atoms with van der Waals surface area (Å²) in [7, 11) is 0. The molecule has 2 N–H and O–H groups in total. The molecular formula is C10H13NO5. The van der Waals surface area contributed by atoms with Crippen LogP contribution in [0.15, 0.2) is 11.3 Å². The molecule has 0 saturated heterocycles. The van der Waals surface area contributed by atoms with Gasteiger partial charge < -0.3 is 15.2 Å². The average molecular weight is 227 g/mol. The zero-order valence-electron chi connectivity index (χ0n) is 9.07. The minimum absolute atomic E-state index is 0.120. The first-order chi connectivity index (χ1) is 7.47. The number of carboxylic acid groups (broad SMARTS) is 1. The fourth-order valence-electron chi connectivity index (χ4n) is 1.61. The second-order valence-corrected chi connectivity index (χ2v) is 3.40. The van der Waals surface area contributed by atoms with Gasteiger partial charge in [-0.25, -0.2) is 4.79 Å². The van der Waals surface area contributed by atoms with E-state index in [9.17, 15) is 14.4 Å². The molecule has 0 aromatic carbocycles. The Bertz CT molecular complexity index is 371. The molecule has 1 aliphatic heterocycles. The lowest BCUT2D eigenvalue weighted by molar-refractivity contribution is -0.142. The molecule has 16 heavy (non-hydrogen) atoms. The van der Waals surface area contributed by atoms with Crippen LogP contribution < -0.4 is 5.32 Å². The number of esters is 1. The molecule has 0 bridgehead atoms. The third-order valence-electron chi connectivity index (χ3n) is 2.25. The summed E-state index contributed by atoms with van der Waals surface area (Å²) in [5.41, 5.74) is 0.490. The first-order valence-electron chi connectivity index (χ1n) is 4.88. The maximum atomic E-state index is 11.5. The number of carboxylic acids is 1. The Morgan fingerprint density at radius 1 is 1.50 bits per heavy atom. The molecule has 0 saturated carbocycles. The maximum Gasteiger partial charge on any atom is 0.336 e. The number of hydrogen-bond donors (Lipinski definition) is 2. The first kappa shape index (κ1) is 12.2. The van der Waals surface area contributed by atoms with Crippen LogP contribution in [0.4, 0.5) is 0 Å². The smallest absolute Gasteiger partial charge is 0.336 e. The van der Waals surface area contributed by atoms with Gasteiger partial charge in [0.25, 0.3) is 0 Å². The van der Waals surface area contributed by atoms with Crippen molar-refractivity contribution in [2.24, 2.45) is 5.92 Å². The van der Waals surface area contributed by atoms with Gasteiger partial charge >= 0.3 is 11.9 Å². The number of allylic oxidation sites excluding steroid dienone is 1. The van der Waals surface area contributed by atoms with Crippen LogP contribution >= 0.6 is 0 Å². The van der Waals surface area contributed by atoms with E-state index in [1.165, 1.54) is 0 Å². The van der Waals surface area contributed by atoms with E-state index in [2.05, 4.69) is 5.32 Å². The minimum Gasteiger partial charge on any atom is -0.481 e. The highest BCUT2D eigenvalue weighted by Crippen LogP contribution is 2.25. The van der Waals surface area contributed by atoms with E-state index in [4.69, 9.17) is 9.84 Å². The van der Waals surface area contributed by atoms with E-state index >= 15 is 0 Å². The Kier molecular flexibility index (Phi) is 3.65. The van der Waals surface area contributed by atoms with Crippen LogP contribution in [0.2, 0.25) is 0 Å². The van der Waals surface area contributed by atoms with E-state index < -0.39 is 30.2 Å². The summed E-state index contributed by atoms with van der Waals surface area (Å²) in [5, 5.41) is 11.1. The normalized spacial score (nSPS) is 19.6. The van der Waals surface area contributed by atoms with Crippen molar-refractivity contribution < 1.29 is 24.2 Å². The Hall–Kier alpha value is -1.85. The summed E-state index contributed by atoms with van der Waals surface area (Å²) in [5.74, 6) is -3.18. The number of carbonyl (C=O) groups excluding carboxylic acids is 2. The van der Waals surface area contributed by atoms with Crippen molar-refractivity contribution in [1.29, 1.82) is 0 Å². The number of nitrogens with one attached hydrogen (secondary N) is 1. The fraction of sp³-hybridized carbons (Fsp3) is 0.500. The third-order valence-corrected chi connectivity index (χ3v) is 2.25. The SMILES string of the molecule is CCOC(=O)C1=C(C)NC(=O)[C@@H]1CC(=O)O. The highest BCUT2D eigenvalue weighted by atomic mass is 16.5. The van der Waals surface area contributed by atoms with E-state index in [1.807, 2.05) is 0 Å². The number of ether oxygens (including phenoxy) is 1. The maximum absolute atomic E-state index is 11.5. The van der Waals surface area contributed by atoms with Crippen molar-refractivity contribution in [1.82, 2.24) is 5.32 Å². The molecule has 1 atom stereocenters. The van der Waals surface area contributed by atoms with Crippen molar-refractivity contribution in [2.75, 3.05) is 6.61 Å². The van der Waals surface area contributed by atoms with E-state index in [1.54, 1.807) is 13.8 Å². The van der Waals surface area contributed by atoms with Crippen molar-refractivity contribution >= 4 is 17.8 Å². The van der Waals surface area contributed by atoms with E-state index in [-0.39, 0.29) is 12.2 Å². The highest BCUT2D eigenvalue weighted by Gasteiger charge is 2.37. The molecule has 6 heteroatoms. The van der Waals surface area contributed by atoms with Crippen LogP contribution in [0.25, 0.3) is 0 Å². The van der Waals surface area contributed by atoms with Crippen molar-refractivity contribution in [3.05, 3.63) is 11.3 Å². The average Bonchev–Trinajstić information content (AvgIpc) is 2.41.